The van der Waals surface area contributed by atoms with E-state index in [1.54, 1.807) is 0 Å². The summed E-state index contributed by atoms with van der Waals surface area (Å²) < 4.78 is 1.89. The van der Waals surface area contributed by atoms with Crippen LogP contribution in [0.15, 0.2) is 48.7 Å². The summed E-state index contributed by atoms with van der Waals surface area (Å²) in [6.07, 6.45) is 4.34. The van der Waals surface area contributed by atoms with Crippen molar-refractivity contribution in [3.63, 3.8) is 0 Å². The summed E-state index contributed by atoms with van der Waals surface area (Å²) in [5.74, 6) is 0.617. The maximum atomic E-state index is 12.7. The van der Waals surface area contributed by atoms with Crippen LogP contribution in [0.2, 0.25) is 0 Å². The second-order valence-corrected chi connectivity index (χ2v) is 7.76. The number of aromatic nitrogens is 2. The summed E-state index contributed by atoms with van der Waals surface area (Å²) in [4.78, 5) is 19.7. The lowest BCUT2D eigenvalue weighted by Gasteiger charge is -2.32. The van der Waals surface area contributed by atoms with Crippen LogP contribution in [0.3, 0.4) is 0 Å². The zero-order chi connectivity index (χ0) is 19.5. The van der Waals surface area contributed by atoms with Gasteiger partial charge in [-0.1, -0.05) is 36.4 Å². The van der Waals surface area contributed by atoms with Crippen molar-refractivity contribution < 1.29 is 4.79 Å². The Morgan fingerprint density at radius 2 is 1.86 bits per heavy atom. The van der Waals surface area contributed by atoms with E-state index in [4.69, 9.17) is 0 Å². The average molecular weight is 377 g/mol. The van der Waals surface area contributed by atoms with E-state index in [1.807, 2.05) is 36.6 Å². The minimum atomic E-state index is -0.0465. The fourth-order valence-corrected chi connectivity index (χ4v) is 4.17. The van der Waals surface area contributed by atoms with Crippen LogP contribution >= 0.6 is 0 Å². The molecule has 0 atom stereocenters. The number of likely N-dealkylation sites (tertiary alicyclic amines) is 1. The Morgan fingerprint density at radius 1 is 1.11 bits per heavy atom. The Balaban J connectivity index is 1.30. The van der Waals surface area contributed by atoms with Gasteiger partial charge in [0, 0.05) is 19.3 Å². The van der Waals surface area contributed by atoms with Gasteiger partial charge in [0.1, 0.15) is 11.3 Å². The summed E-state index contributed by atoms with van der Waals surface area (Å²) in [6, 6.07) is 14.8. The Morgan fingerprint density at radius 3 is 2.61 bits per heavy atom. The second kappa shape index (κ2) is 8.15. The molecule has 3 aromatic rings. The van der Waals surface area contributed by atoms with E-state index in [9.17, 15) is 4.79 Å². The third kappa shape index (κ3) is 3.94. The van der Waals surface area contributed by atoms with E-state index in [2.05, 4.69) is 45.5 Å². The fraction of sp³-hybridized carbons (Fsp3) is 0.391. The van der Waals surface area contributed by atoms with E-state index < -0.39 is 0 Å². The molecule has 0 spiro atoms. The predicted molar refractivity (Wildman–Crippen MR) is 112 cm³/mol. The highest BCUT2D eigenvalue weighted by molar-refractivity contribution is 5.94. The first kappa shape index (κ1) is 18.7. The molecule has 0 saturated carbocycles. The van der Waals surface area contributed by atoms with Gasteiger partial charge in [-0.15, -0.1) is 0 Å². The number of imidazole rings is 1. The van der Waals surface area contributed by atoms with Crippen molar-refractivity contribution in [2.24, 2.45) is 0 Å². The molecule has 2 aromatic heterocycles. The van der Waals surface area contributed by atoms with Crippen LogP contribution in [0, 0.1) is 13.8 Å². The lowest BCUT2D eigenvalue weighted by molar-refractivity contribution is 0.0939. The summed E-state index contributed by atoms with van der Waals surface area (Å²) in [5, 5.41) is 3.09. The van der Waals surface area contributed by atoms with Gasteiger partial charge in [-0.2, -0.15) is 0 Å². The number of nitrogens with zero attached hydrogens (tertiary/aromatic N) is 3. The van der Waals surface area contributed by atoms with Crippen molar-refractivity contribution in [3.05, 3.63) is 71.2 Å². The number of benzene rings is 1. The fourth-order valence-electron chi connectivity index (χ4n) is 4.17. The van der Waals surface area contributed by atoms with E-state index in [0.717, 1.165) is 36.5 Å². The SMILES string of the molecule is Cc1ccc2nc(C)c(C(=O)NCCN3CCC(c4ccccc4)CC3)n2c1. The number of hydrogen-bond donors (Lipinski definition) is 1. The van der Waals surface area contributed by atoms with E-state index in [-0.39, 0.29) is 5.91 Å². The van der Waals surface area contributed by atoms with Crippen LogP contribution in [0.5, 0.6) is 0 Å². The highest BCUT2D eigenvalue weighted by Crippen LogP contribution is 2.27. The molecular weight excluding hydrogens is 348 g/mol. The molecule has 146 valence electrons. The van der Waals surface area contributed by atoms with Gasteiger partial charge in [0.2, 0.25) is 0 Å². The van der Waals surface area contributed by atoms with Crippen LogP contribution < -0.4 is 5.32 Å². The Bertz CT molecular complexity index is 955. The highest BCUT2D eigenvalue weighted by atomic mass is 16.1. The zero-order valence-corrected chi connectivity index (χ0v) is 16.7. The van der Waals surface area contributed by atoms with Gasteiger partial charge in [-0.25, -0.2) is 4.98 Å². The summed E-state index contributed by atoms with van der Waals surface area (Å²) >= 11 is 0. The van der Waals surface area contributed by atoms with E-state index in [0.29, 0.717) is 18.2 Å². The Kier molecular flexibility index (Phi) is 5.44. The predicted octanol–water partition coefficient (Wildman–Crippen LogP) is 3.56. The first-order chi connectivity index (χ1) is 13.6. The number of nitrogens with one attached hydrogen (secondary N) is 1. The van der Waals surface area contributed by atoms with Crippen molar-refractivity contribution in [2.75, 3.05) is 26.2 Å². The minimum Gasteiger partial charge on any atom is -0.349 e. The van der Waals surface area contributed by atoms with Gasteiger partial charge in [0.05, 0.1) is 5.69 Å². The lowest BCUT2D eigenvalue weighted by Crippen LogP contribution is -2.39. The van der Waals surface area contributed by atoms with Gasteiger partial charge >= 0.3 is 0 Å². The van der Waals surface area contributed by atoms with Gasteiger partial charge < -0.3 is 10.2 Å². The molecule has 0 radical (unpaired) electrons. The average Bonchev–Trinajstić information content (AvgIpc) is 3.04. The van der Waals surface area contributed by atoms with Crippen molar-refractivity contribution in [3.8, 4) is 0 Å². The monoisotopic (exact) mass is 376 g/mol. The third-order valence-electron chi connectivity index (χ3n) is 5.73. The Hall–Kier alpha value is -2.66. The minimum absolute atomic E-state index is 0.0465. The normalized spacial score (nSPS) is 15.8. The van der Waals surface area contributed by atoms with Crippen molar-refractivity contribution >= 4 is 11.6 Å². The first-order valence-electron chi connectivity index (χ1n) is 10.1. The van der Waals surface area contributed by atoms with E-state index in [1.165, 1.54) is 18.4 Å². The van der Waals surface area contributed by atoms with Crippen molar-refractivity contribution in [2.45, 2.75) is 32.6 Å². The van der Waals surface area contributed by atoms with Crippen molar-refractivity contribution in [1.82, 2.24) is 19.6 Å². The molecule has 5 nitrogen and oxygen atoms in total. The number of piperidine rings is 1. The quantitative estimate of drug-likeness (QED) is 0.741. The first-order valence-corrected chi connectivity index (χ1v) is 10.1. The van der Waals surface area contributed by atoms with Gasteiger partial charge in [-0.3, -0.25) is 9.20 Å². The van der Waals surface area contributed by atoms with Crippen LogP contribution in [-0.2, 0) is 0 Å². The Labute approximate surface area is 166 Å². The molecule has 1 aliphatic heterocycles. The molecule has 5 heteroatoms. The van der Waals surface area contributed by atoms with Crippen LogP contribution in [0.25, 0.3) is 5.65 Å². The van der Waals surface area contributed by atoms with Crippen molar-refractivity contribution in [1.29, 1.82) is 0 Å². The molecule has 3 heterocycles. The number of hydrogen-bond acceptors (Lipinski definition) is 3. The van der Waals surface area contributed by atoms with Gasteiger partial charge in [0.15, 0.2) is 0 Å². The number of rotatable bonds is 5. The third-order valence-corrected chi connectivity index (χ3v) is 5.73. The second-order valence-electron chi connectivity index (χ2n) is 7.76. The van der Waals surface area contributed by atoms with E-state index >= 15 is 0 Å². The molecule has 1 saturated heterocycles. The number of carbonyl (C=O) groups excluding carboxylic acids is 1. The molecule has 1 N–H and O–H groups in total. The van der Waals surface area contributed by atoms with Gasteiger partial charge in [-0.05, 0) is 62.9 Å². The molecule has 28 heavy (non-hydrogen) atoms. The highest BCUT2D eigenvalue weighted by Gasteiger charge is 2.21. The van der Waals surface area contributed by atoms with Gasteiger partial charge in [0.25, 0.3) is 5.91 Å². The largest absolute Gasteiger partial charge is 0.349 e. The number of carbonyl (C=O) groups is 1. The molecule has 1 fully saturated rings. The number of pyridine rings is 1. The molecule has 1 amide bonds. The summed E-state index contributed by atoms with van der Waals surface area (Å²) in [6.45, 7) is 7.64. The maximum Gasteiger partial charge on any atom is 0.270 e. The molecule has 0 bridgehead atoms. The molecule has 4 rings (SSSR count). The molecule has 1 aromatic carbocycles. The van der Waals surface area contributed by atoms with Crippen LogP contribution in [-0.4, -0.2) is 46.4 Å². The number of aryl methyl sites for hydroxylation is 2. The summed E-state index contributed by atoms with van der Waals surface area (Å²) in [5.41, 5.74) is 4.79. The smallest absolute Gasteiger partial charge is 0.270 e. The number of amides is 1. The summed E-state index contributed by atoms with van der Waals surface area (Å²) in [7, 11) is 0. The van der Waals surface area contributed by atoms with Crippen LogP contribution in [0.1, 0.15) is 46.1 Å². The maximum absolute atomic E-state index is 12.7. The van der Waals surface area contributed by atoms with Crippen LogP contribution in [0.4, 0.5) is 0 Å². The zero-order valence-electron chi connectivity index (χ0n) is 16.7. The molecule has 0 aliphatic carbocycles. The standard InChI is InChI=1S/C23H28N4O/c1-17-8-9-21-25-18(2)22(27(21)16-17)23(28)24-12-15-26-13-10-20(11-14-26)19-6-4-3-5-7-19/h3-9,16,20H,10-15H2,1-2H3,(H,24,28). The number of fused-ring (bicyclic) bond motifs is 1. The molecule has 1 aliphatic rings. The lowest BCUT2D eigenvalue weighted by atomic mass is 9.89. The molecule has 0 unspecified atom stereocenters. The molecular formula is C23H28N4O. The topological polar surface area (TPSA) is 49.6 Å².